The number of rotatable bonds is 2. The molecule has 1 fully saturated rings. The number of piperidine rings is 1. The van der Waals surface area contributed by atoms with Crippen molar-refractivity contribution in [1.82, 2.24) is 20.1 Å². The summed E-state index contributed by atoms with van der Waals surface area (Å²) in [6, 6.07) is 5.94. The molecule has 1 aliphatic heterocycles. The molecule has 0 bridgehead atoms. The maximum Gasteiger partial charge on any atom is 0.410 e. The molecule has 1 atom stereocenters. The number of carbonyl (C=O) groups is 1. The SMILES string of the molecule is CC(C)(C)OC(=O)N1CCC[C@H](c2cc(-c3ccncc3)n[nH]2)C1. The van der Waals surface area contributed by atoms with E-state index < -0.39 is 5.60 Å². The van der Waals surface area contributed by atoms with Crippen LogP contribution in [0.1, 0.15) is 45.2 Å². The second kappa shape index (κ2) is 6.63. The molecule has 2 aromatic heterocycles. The van der Waals surface area contributed by atoms with Crippen molar-refractivity contribution in [2.24, 2.45) is 0 Å². The molecular weight excluding hydrogens is 304 g/mol. The summed E-state index contributed by atoms with van der Waals surface area (Å²) >= 11 is 0. The van der Waals surface area contributed by atoms with Crippen LogP contribution in [0.2, 0.25) is 0 Å². The lowest BCUT2D eigenvalue weighted by Crippen LogP contribution is -2.42. The van der Waals surface area contributed by atoms with E-state index in [2.05, 4.69) is 21.2 Å². The Hall–Kier alpha value is -2.37. The molecule has 128 valence electrons. The molecule has 0 aliphatic carbocycles. The van der Waals surface area contributed by atoms with E-state index in [9.17, 15) is 4.79 Å². The van der Waals surface area contributed by atoms with E-state index in [-0.39, 0.29) is 12.0 Å². The molecule has 1 saturated heterocycles. The number of nitrogens with one attached hydrogen (secondary N) is 1. The van der Waals surface area contributed by atoms with Crippen LogP contribution in [0.5, 0.6) is 0 Å². The normalized spacial score (nSPS) is 18.5. The Bertz CT molecular complexity index is 691. The summed E-state index contributed by atoms with van der Waals surface area (Å²) in [6.07, 6.45) is 5.29. The Kier molecular flexibility index (Phi) is 4.55. The van der Waals surface area contributed by atoms with Gasteiger partial charge in [-0.05, 0) is 51.8 Å². The van der Waals surface area contributed by atoms with Crippen LogP contribution in [0.4, 0.5) is 4.79 Å². The van der Waals surface area contributed by atoms with Crippen LogP contribution in [-0.4, -0.2) is 44.9 Å². The first-order valence-electron chi connectivity index (χ1n) is 8.36. The number of ether oxygens (including phenoxy) is 1. The summed E-state index contributed by atoms with van der Waals surface area (Å²) in [5.74, 6) is 0.259. The highest BCUT2D eigenvalue weighted by Gasteiger charge is 2.29. The Morgan fingerprint density at radius 1 is 1.33 bits per heavy atom. The standard InChI is InChI=1S/C18H24N4O2/c1-18(2,3)24-17(23)22-10-4-5-14(12-22)16-11-15(20-21-16)13-6-8-19-9-7-13/h6-9,11,14H,4-5,10,12H2,1-3H3,(H,20,21)/t14-/m0/s1. The van der Waals surface area contributed by atoms with Gasteiger partial charge in [-0.25, -0.2) is 4.79 Å². The highest BCUT2D eigenvalue weighted by Crippen LogP contribution is 2.29. The third-order valence-electron chi connectivity index (χ3n) is 4.09. The Balaban J connectivity index is 1.69. The van der Waals surface area contributed by atoms with Gasteiger partial charge in [-0.3, -0.25) is 10.1 Å². The van der Waals surface area contributed by atoms with Gasteiger partial charge in [0.1, 0.15) is 5.60 Å². The number of hydrogen-bond donors (Lipinski definition) is 1. The zero-order valence-electron chi connectivity index (χ0n) is 14.5. The van der Waals surface area contributed by atoms with Crippen molar-refractivity contribution >= 4 is 6.09 Å². The van der Waals surface area contributed by atoms with Crippen LogP contribution in [0, 0.1) is 0 Å². The molecular formula is C18H24N4O2. The van der Waals surface area contributed by atoms with Crippen molar-refractivity contribution < 1.29 is 9.53 Å². The molecule has 3 heterocycles. The van der Waals surface area contributed by atoms with Crippen molar-refractivity contribution in [3.05, 3.63) is 36.3 Å². The van der Waals surface area contributed by atoms with Crippen molar-refractivity contribution in [3.8, 4) is 11.3 Å². The smallest absolute Gasteiger partial charge is 0.410 e. The fourth-order valence-electron chi connectivity index (χ4n) is 2.94. The van der Waals surface area contributed by atoms with Crippen molar-refractivity contribution in [3.63, 3.8) is 0 Å². The van der Waals surface area contributed by atoms with Crippen molar-refractivity contribution in [1.29, 1.82) is 0 Å². The molecule has 1 aliphatic rings. The predicted octanol–water partition coefficient (Wildman–Crippen LogP) is 3.59. The lowest BCUT2D eigenvalue weighted by atomic mass is 9.94. The second-order valence-electron chi connectivity index (χ2n) is 7.21. The summed E-state index contributed by atoms with van der Waals surface area (Å²) in [5, 5.41) is 7.54. The van der Waals surface area contributed by atoms with E-state index in [0.29, 0.717) is 6.54 Å². The lowest BCUT2D eigenvalue weighted by molar-refractivity contribution is 0.0197. The van der Waals surface area contributed by atoms with Crippen LogP contribution < -0.4 is 0 Å². The molecule has 0 spiro atoms. The molecule has 6 heteroatoms. The zero-order valence-corrected chi connectivity index (χ0v) is 14.5. The molecule has 1 N–H and O–H groups in total. The molecule has 2 aromatic rings. The monoisotopic (exact) mass is 328 g/mol. The largest absolute Gasteiger partial charge is 0.444 e. The number of likely N-dealkylation sites (tertiary alicyclic amines) is 1. The number of amides is 1. The average Bonchev–Trinajstić information content (AvgIpc) is 3.04. The minimum absolute atomic E-state index is 0.235. The van der Waals surface area contributed by atoms with Crippen LogP contribution in [0.3, 0.4) is 0 Å². The number of nitrogens with zero attached hydrogens (tertiary/aromatic N) is 3. The van der Waals surface area contributed by atoms with Crippen LogP contribution in [0.25, 0.3) is 11.3 Å². The Morgan fingerprint density at radius 3 is 2.79 bits per heavy atom. The number of hydrogen-bond acceptors (Lipinski definition) is 4. The molecule has 0 saturated carbocycles. The Labute approximate surface area is 142 Å². The Morgan fingerprint density at radius 2 is 2.08 bits per heavy atom. The van der Waals surface area contributed by atoms with Gasteiger partial charge in [0, 0.05) is 42.7 Å². The van der Waals surface area contributed by atoms with Gasteiger partial charge in [0.05, 0.1) is 5.69 Å². The van der Waals surface area contributed by atoms with Gasteiger partial charge in [-0.1, -0.05) is 0 Å². The van der Waals surface area contributed by atoms with Gasteiger partial charge in [0.15, 0.2) is 0 Å². The third-order valence-corrected chi connectivity index (χ3v) is 4.09. The fraction of sp³-hybridized carbons (Fsp3) is 0.500. The summed E-state index contributed by atoms with van der Waals surface area (Å²) < 4.78 is 5.49. The van der Waals surface area contributed by atoms with E-state index in [4.69, 9.17) is 4.74 Å². The first-order valence-corrected chi connectivity index (χ1v) is 8.36. The molecule has 0 radical (unpaired) electrons. The minimum Gasteiger partial charge on any atom is -0.444 e. The number of pyridine rings is 1. The predicted molar refractivity (Wildman–Crippen MR) is 91.6 cm³/mol. The van der Waals surface area contributed by atoms with Gasteiger partial charge in [0.2, 0.25) is 0 Å². The van der Waals surface area contributed by atoms with Gasteiger partial charge in [-0.2, -0.15) is 5.10 Å². The van der Waals surface area contributed by atoms with Gasteiger partial charge in [0.25, 0.3) is 0 Å². The van der Waals surface area contributed by atoms with Gasteiger partial charge >= 0.3 is 6.09 Å². The summed E-state index contributed by atoms with van der Waals surface area (Å²) in [7, 11) is 0. The molecule has 6 nitrogen and oxygen atoms in total. The highest BCUT2D eigenvalue weighted by molar-refractivity contribution is 5.68. The average molecular weight is 328 g/mol. The van der Waals surface area contributed by atoms with E-state index in [1.807, 2.05) is 32.9 Å². The van der Waals surface area contributed by atoms with E-state index in [0.717, 1.165) is 36.3 Å². The van der Waals surface area contributed by atoms with E-state index >= 15 is 0 Å². The number of carbonyl (C=O) groups excluding carboxylic acids is 1. The van der Waals surface area contributed by atoms with Crippen LogP contribution in [-0.2, 0) is 4.74 Å². The maximum absolute atomic E-state index is 12.3. The highest BCUT2D eigenvalue weighted by atomic mass is 16.6. The first-order chi connectivity index (χ1) is 11.4. The topological polar surface area (TPSA) is 71.1 Å². The van der Waals surface area contributed by atoms with Gasteiger partial charge in [-0.15, -0.1) is 0 Å². The zero-order chi connectivity index (χ0) is 17.2. The second-order valence-corrected chi connectivity index (χ2v) is 7.21. The van der Waals surface area contributed by atoms with Crippen LogP contribution in [0.15, 0.2) is 30.6 Å². The molecule has 0 unspecified atom stereocenters. The third kappa shape index (κ3) is 3.93. The van der Waals surface area contributed by atoms with E-state index in [1.54, 1.807) is 17.3 Å². The van der Waals surface area contributed by atoms with E-state index in [1.165, 1.54) is 0 Å². The molecule has 1 amide bonds. The molecule has 0 aromatic carbocycles. The number of aromatic amines is 1. The van der Waals surface area contributed by atoms with Crippen LogP contribution >= 0.6 is 0 Å². The van der Waals surface area contributed by atoms with Crippen molar-refractivity contribution in [2.45, 2.75) is 45.1 Å². The minimum atomic E-state index is -0.466. The lowest BCUT2D eigenvalue weighted by Gasteiger charge is -2.33. The summed E-state index contributed by atoms with van der Waals surface area (Å²) in [6.45, 7) is 7.08. The molecule has 24 heavy (non-hydrogen) atoms. The van der Waals surface area contributed by atoms with Gasteiger partial charge < -0.3 is 9.64 Å². The molecule has 3 rings (SSSR count). The number of aromatic nitrogens is 3. The fourth-order valence-corrected chi connectivity index (χ4v) is 2.94. The first kappa shape index (κ1) is 16.5. The summed E-state index contributed by atoms with van der Waals surface area (Å²) in [4.78, 5) is 18.1. The summed E-state index contributed by atoms with van der Waals surface area (Å²) in [5.41, 5.74) is 2.54. The van der Waals surface area contributed by atoms with Crippen molar-refractivity contribution in [2.75, 3.05) is 13.1 Å². The number of H-pyrrole nitrogens is 1. The maximum atomic E-state index is 12.3. The quantitative estimate of drug-likeness (QED) is 0.914.